The van der Waals surface area contributed by atoms with Gasteiger partial charge < -0.3 is 15.7 Å². The highest BCUT2D eigenvalue weighted by molar-refractivity contribution is 5.95. The van der Waals surface area contributed by atoms with Crippen LogP contribution in [0.3, 0.4) is 0 Å². The molecule has 1 unspecified atom stereocenters. The molecule has 1 aliphatic heterocycles. The smallest absolute Gasteiger partial charge is 0.305 e. The van der Waals surface area contributed by atoms with Crippen molar-refractivity contribution in [2.75, 3.05) is 0 Å². The molecule has 3 N–H and O–H groups in total. The van der Waals surface area contributed by atoms with E-state index >= 15 is 0 Å². The van der Waals surface area contributed by atoms with Gasteiger partial charge in [0.15, 0.2) is 0 Å². The average molecular weight is 290 g/mol. The number of nitrogens with one attached hydrogen (secondary N) is 2. The number of benzene rings is 1. The Morgan fingerprint density at radius 1 is 1.29 bits per heavy atom. The summed E-state index contributed by atoms with van der Waals surface area (Å²) < 4.78 is 0. The van der Waals surface area contributed by atoms with E-state index in [4.69, 9.17) is 5.11 Å². The molecule has 1 heterocycles. The lowest BCUT2D eigenvalue weighted by atomic mass is 9.84. The number of carboxylic acid groups (broad SMARTS) is 1. The molecule has 114 valence electrons. The number of carbonyl (C=O) groups is 2. The van der Waals surface area contributed by atoms with Crippen LogP contribution < -0.4 is 10.6 Å². The number of hydrogen-bond acceptors (Lipinski definition) is 3. The molecule has 0 aliphatic carbocycles. The summed E-state index contributed by atoms with van der Waals surface area (Å²) >= 11 is 0. The van der Waals surface area contributed by atoms with Gasteiger partial charge in [-0.05, 0) is 28.7 Å². The molecule has 1 aliphatic rings. The summed E-state index contributed by atoms with van der Waals surface area (Å²) in [5.74, 6) is -1.13. The molecule has 0 bridgehead atoms. The average Bonchev–Trinajstić information content (AvgIpc) is 2.83. The zero-order valence-corrected chi connectivity index (χ0v) is 12.7. The molecule has 5 nitrogen and oxygen atoms in total. The second-order valence-electron chi connectivity index (χ2n) is 6.58. The normalized spacial score (nSPS) is 15.4. The van der Waals surface area contributed by atoms with E-state index in [0.717, 1.165) is 18.7 Å². The second kappa shape index (κ2) is 5.85. The van der Waals surface area contributed by atoms with Crippen molar-refractivity contribution >= 4 is 11.9 Å². The molecule has 0 saturated carbocycles. The maximum atomic E-state index is 12.4. The van der Waals surface area contributed by atoms with Gasteiger partial charge in [-0.3, -0.25) is 9.59 Å². The fourth-order valence-electron chi connectivity index (χ4n) is 2.43. The van der Waals surface area contributed by atoms with Crippen molar-refractivity contribution in [2.45, 2.75) is 46.3 Å². The maximum Gasteiger partial charge on any atom is 0.305 e. The first-order valence-corrected chi connectivity index (χ1v) is 7.12. The Morgan fingerprint density at radius 3 is 2.57 bits per heavy atom. The van der Waals surface area contributed by atoms with Gasteiger partial charge in [-0.15, -0.1) is 0 Å². The lowest BCUT2D eigenvalue weighted by Gasteiger charge is -2.30. The molecule has 1 amide bonds. The minimum atomic E-state index is -0.909. The highest BCUT2D eigenvalue weighted by atomic mass is 16.4. The van der Waals surface area contributed by atoms with Gasteiger partial charge in [0.05, 0.1) is 6.42 Å². The number of carbonyl (C=O) groups excluding carboxylic acids is 1. The molecule has 0 radical (unpaired) electrons. The minimum absolute atomic E-state index is 0.0816. The molecule has 0 fully saturated rings. The van der Waals surface area contributed by atoms with Gasteiger partial charge in [0, 0.05) is 24.7 Å². The van der Waals surface area contributed by atoms with Crippen LogP contribution in [0.4, 0.5) is 0 Å². The minimum Gasteiger partial charge on any atom is -0.481 e. The lowest BCUT2D eigenvalue weighted by Crippen LogP contribution is -2.45. The van der Waals surface area contributed by atoms with Crippen LogP contribution in [0.25, 0.3) is 0 Å². The molecular weight excluding hydrogens is 268 g/mol. The summed E-state index contributed by atoms with van der Waals surface area (Å²) in [7, 11) is 0. The molecule has 2 rings (SSSR count). The summed E-state index contributed by atoms with van der Waals surface area (Å²) in [6.45, 7) is 7.38. The number of aliphatic carboxylic acids is 1. The second-order valence-corrected chi connectivity index (χ2v) is 6.58. The summed E-state index contributed by atoms with van der Waals surface area (Å²) in [6, 6.07) is 5.22. The van der Waals surface area contributed by atoms with Crippen molar-refractivity contribution in [1.82, 2.24) is 10.6 Å². The molecule has 0 saturated heterocycles. The van der Waals surface area contributed by atoms with Gasteiger partial charge in [0.25, 0.3) is 5.91 Å². The van der Waals surface area contributed by atoms with Crippen molar-refractivity contribution in [1.29, 1.82) is 0 Å². The Labute approximate surface area is 124 Å². The van der Waals surface area contributed by atoms with Gasteiger partial charge in [-0.2, -0.15) is 0 Å². The zero-order valence-electron chi connectivity index (χ0n) is 12.7. The van der Waals surface area contributed by atoms with Crippen LogP contribution in [0, 0.1) is 5.41 Å². The highest BCUT2D eigenvalue weighted by Crippen LogP contribution is 2.23. The maximum absolute atomic E-state index is 12.4. The number of hydrogen-bond donors (Lipinski definition) is 3. The molecule has 0 spiro atoms. The predicted octanol–water partition coefficient (Wildman–Crippen LogP) is 1.91. The van der Waals surface area contributed by atoms with Gasteiger partial charge in [0.1, 0.15) is 0 Å². The topological polar surface area (TPSA) is 78.4 Å². The first kappa shape index (κ1) is 15.5. The summed E-state index contributed by atoms with van der Waals surface area (Å²) in [4.78, 5) is 23.3. The Hall–Kier alpha value is -1.88. The predicted molar refractivity (Wildman–Crippen MR) is 79.9 cm³/mol. The van der Waals surface area contributed by atoms with E-state index in [-0.39, 0.29) is 17.7 Å². The Balaban J connectivity index is 2.13. The number of amides is 1. The van der Waals surface area contributed by atoms with E-state index in [2.05, 4.69) is 10.6 Å². The molecule has 1 atom stereocenters. The zero-order chi connectivity index (χ0) is 15.6. The molecular formula is C16H22N2O3. The monoisotopic (exact) mass is 290 g/mol. The largest absolute Gasteiger partial charge is 0.481 e. The number of fused-ring (bicyclic) bond motifs is 1. The standard InChI is InChI=1S/C16H22N2O3/c1-16(2,3)13(7-14(19)20)18-15(21)10-4-5-11-8-17-9-12(11)6-10/h4-6,13,17H,7-9H2,1-3H3,(H,18,21)(H,19,20). The fraction of sp³-hybridized carbons (Fsp3) is 0.500. The van der Waals surface area contributed by atoms with Crippen LogP contribution in [-0.2, 0) is 17.9 Å². The summed E-state index contributed by atoms with van der Waals surface area (Å²) in [5.41, 5.74) is 2.61. The van der Waals surface area contributed by atoms with Crippen LogP contribution in [-0.4, -0.2) is 23.0 Å². The molecule has 1 aromatic carbocycles. The molecule has 1 aromatic rings. The number of carboxylic acids is 1. The van der Waals surface area contributed by atoms with Crippen LogP contribution in [0.15, 0.2) is 18.2 Å². The molecule has 0 aromatic heterocycles. The van der Waals surface area contributed by atoms with Gasteiger partial charge in [-0.1, -0.05) is 26.8 Å². The summed E-state index contributed by atoms with van der Waals surface area (Å²) in [6.07, 6.45) is -0.0816. The van der Waals surface area contributed by atoms with Crippen molar-refractivity contribution in [2.24, 2.45) is 5.41 Å². The Kier molecular flexibility index (Phi) is 4.32. The van der Waals surface area contributed by atoms with Crippen LogP contribution >= 0.6 is 0 Å². The van der Waals surface area contributed by atoms with Gasteiger partial charge in [0.2, 0.25) is 0 Å². The van der Waals surface area contributed by atoms with Gasteiger partial charge >= 0.3 is 5.97 Å². The SMILES string of the molecule is CC(C)(C)C(CC(=O)O)NC(=O)c1ccc2c(c1)CNC2. The van der Waals surface area contributed by atoms with E-state index < -0.39 is 12.0 Å². The third-order valence-electron chi connectivity index (χ3n) is 3.83. The van der Waals surface area contributed by atoms with Crippen molar-refractivity contribution < 1.29 is 14.7 Å². The number of rotatable bonds is 4. The van der Waals surface area contributed by atoms with Crippen LogP contribution in [0.5, 0.6) is 0 Å². The first-order chi connectivity index (χ1) is 9.77. The van der Waals surface area contributed by atoms with Crippen LogP contribution in [0.1, 0.15) is 48.7 Å². The van der Waals surface area contributed by atoms with Gasteiger partial charge in [-0.25, -0.2) is 0 Å². The van der Waals surface area contributed by atoms with E-state index in [1.807, 2.05) is 32.9 Å². The third kappa shape index (κ3) is 3.82. The van der Waals surface area contributed by atoms with Crippen molar-refractivity contribution in [3.63, 3.8) is 0 Å². The van der Waals surface area contributed by atoms with Crippen molar-refractivity contribution in [3.8, 4) is 0 Å². The third-order valence-corrected chi connectivity index (χ3v) is 3.83. The molecule has 5 heteroatoms. The highest BCUT2D eigenvalue weighted by Gasteiger charge is 2.29. The summed E-state index contributed by atoms with van der Waals surface area (Å²) in [5, 5.41) is 15.1. The van der Waals surface area contributed by atoms with E-state index in [1.165, 1.54) is 5.56 Å². The quantitative estimate of drug-likeness (QED) is 0.791. The van der Waals surface area contributed by atoms with Crippen molar-refractivity contribution in [3.05, 3.63) is 34.9 Å². The first-order valence-electron chi connectivity index (χ1n) is 7.12. The van der Waals surface area contributed by atoms with E-state index in [0.29, 0.717) is 5.56 Å². The van der Waals surface area contributed by atoms with Crippen LogP contribution in [0.2, 0.25) is 0 Å². The Morgan fingerprint density at radius 2 is 1.95 bits per heavy atom. The fourth-order valence-corrected chi connectivity index (χ4v) is 2.43. The van der Waals surface area contributed by atoms with E-state index in [1.54, 1.807) is 6.07 Å². The molecule has 21 heavy (non-hydrogen) atoms. The van der Waals surface area contributed by atoms with E-state index in [9.17, 15) is 9.59 Å². The lowest BCUT2D eigenvalue weighted by molar-refractivity contribution is -0.138. The Bertz CT molecular complexity index is 561.